The maximum atomic E-state index is 12.8. The quantitative estimate of drug-likeness (QED) is 0.465. The number of hydrogen-bond acceptors (Lipinski definition) is 3. The normalized spacial score (nSPS) is 12.0. The molecule has 5 nitrogen and oxygen atoms in total. The van der Waals surface area contributed by atoms with Crippen molar-refractivity contribution < 1.29 is 13.5 Å². The van der Waals surface area contributed by atoms with Crippen molar-refractivity contribution in [2.45, 2.75) is 18.7 Å². The summed E-state index contributed by atoms with van der Waals surface area (Å²) in [7, 11) is -3.93. The van der Waals surface area contributed by atoms with E-state index in [1.165, 1.54) is 12.1 Å². The van der Waals surface area contributed by atoms with Crippen LogP contribution in [0.1, 0.15) is 16.7 Å². The molecule has 3 aromatic rings. The van der Waals surface area contributed by atoms with Gasteiger partial charge >= 0.3 is 0 Å². The van der Waals surface area contributed by atoms with Gasteiger partial charge in [-0.05, 0) is 50.2 Å². The van der Waals surface area contributed by atoms with Gasteiger partial charge in [0.2, 0.25) is 0 Å². The fraction of sp³-hybridized carbons (Fsp3) is 0.0952. The van der Waals surface area contributed by atoms with Crippen LogP contribution in [0, 0.1) is 13.8 Å². The molecule has 0 atom stereocenters. The van der Waals surface area contributed by atoms with Crippen molar-refractivity contribution in [2.24, 2.45) is 4.40 Å². The summed E-state index contributed by atoms with van der Waals surface area (Å²) in [6.45, 7) is 3.44. The standard InChI is InChI=1S/C21H19BrN2O3S/c1-14-12-18(13-15(2)20(14)25)23-21(16-6-4-3-5-7-16)24-28(26,27)19-10-8-17(22)9-11-19/h3-13,25H,1-2H3,(H,23,24)/p-1. The van der Waals surface area contributed by atoms with Gasteiger partial charge in [-0.3, -0.25) is 0 Å². The third kappa shape index (κ3) is 4.61. The van der Waals surface area contributed by atoms with Gasteiger partial charge in [0.1, 0.15) is 0 Å². The van der Waals surface area contributed by atoms with E-state index in [4.69, 9.17) is 0 Å². The van der Waals surface area contributed by atoms with Crippen LogP contribution in [-0.2, 0) is 10.0 Å². The molecule has 0 radical (unpaired) electrons. The van der Waals surface area contributed by atoms with Gasteiger partial charge in [-0.2, -0.15) is 8.42 Å². The maximum absolute atomic E-state index is 12.8. The molecule has 0 aliphatic rings. The summed E-state index contributed by atoms with van der Waals surface area (Å²) in [5.74, 6) is 0.146. The monoisotopic (exact) mass is 457 g/mol. The lowest BCUT2D eigenvalue weighted by Gasteiger charge is -2.18. The second-order valence-corrected chi connectivity index (χ2v) is 8.82. The minimum atomic E-state index is -3.93. The average Bonchev–Trinajstić information content (AvgIpc) is 2.66. The molecule has 0 saturated heterocycles. The van der Waals surface area contributed by atoms with Gasteiger partial charge in [0, 0.05) is 15.7 Å². The number of anilines is 1. The van der Waals surface area contributed by atoms with Crippen LogP contribution >= 0.6 is 15.9 Å². The zero-order valence-electron chi connectivity index (χ0n) is 15.3. The second-order valence-electron chi connectivity index (χ2n) is 6.30. The van der Waals surface area contributed by atoms with Crippen molar-refractivity contribution >= 4 is 37.5 Å². The molecule has 0 spiro atoms. The molecular weight excluding hydrogens is 440 g/mol. The number of aryl methyl sites for hydroxylation is 2. The van der Waals surface area contributed by atoms with Gasteiger partial charge in [0.25, 0.3) is 10.0 Å². The summed E-state index contributed by atoms with van der Waals surface area (Å²) in [6, 6.07) is 18.6. The van der Waals surface area contributed by atoms with Gasteiger partial charge in [0.05, 0.1) is 4.90 Å². The van der Waals surface area contributed by atoms with Crippen molar-refractivity contribution in [3.63, 3.8) is 0 Å². The van der Waals surface area contributed by atoms with Crippen LogP contribution in [0.15, 0.2) is 80.5 Å². The van der Waals surface area contributed by atoms with E-state index in [1.807, 2.05) is 6.07 Å². The van der Waals surface area contributed by atoms with E-state index < -0.39 is 10.0 Å². The zero-order chi connectivity index (χ0) is 20.3. The summed E-state index contributed by atoms with van der Waals surface area (Å²) >= 11 is 3.29. The Morgan fingerprint density at radius 2 is 1.54 bits per heavy atom. The molecule has 0 heterocycles. The summed E-state index contributed by atoms with van der Waals surface area (Å²) < 4.78 is 30.4. The first-order chi connectivity index (χ1) is 13.3. The van der Waals surface area contributed by atoms with E-state index in [9.17, 15) is 13.5 Å². The Morgan fingerprint density at radius 3 is 2.11 bits per heavy atom. The molecule has 3 rings (SSSR count). The SMILES string of the molecule is Cc1cc(NC(=NS(=O)(=O)c2ccc(Br)cc2)c2ccccc2)cc(C)c1[O-]. The van der Waals surface area contributed by atoms with Crippen molar-refractivity contribution in [1.29, 1.82) is 0 Å². The number of rotatable bonds is 4. The van der Waals surface area contributed by atoms with E-state index in [0.29, 0.717) is 22.4 Å². The predicted molar refractivity (Wildman–Crippen MR) is 113 cm³/mol. The van der Waals surface area contributed by atoms with Crippen molar-refractivity contribution in [3.05, 3.63) is 87.9 Å². The summed E-state index contributed by atoms with van der Waals surface area (Å²) in [5, 5.41) is 15.0. The number of benzene rings is 3. The Morgan fingerprint density at radius 1 is 0.964 bits per heavy atom. The molecule has 0 fully saturated rings. The molecule has 0 amide bonds. The molecule has 3 aromatic carbocycles. The van der Waals surface area contributed by atoms with Crippen molar-refractivity contribution in [2.75, 3.05) is 5.32 Å². The highest BCUT2D eigenvalue weighted by molar-refractivity contribution is 9.10. The minimum Gasteiger partial charge on any atom is -0.872 e. The summed E-state index contributed by atoms with van der Waals surface area (Å²) in [4.78, 5) is 0.0909. The van der Waals surface area contributed by atoms with E-state index in [2.05, 4.69) is 25.6 Å². The predicted octanol–water partition coefficient (Wildman–Crippen LogP) is 4.39. The van der Waals surface area contributed by atoms with E-state index >= 15 is 0 Å². The highest BCUT2D eigenvalue weighted by atomic mass is 79.9. The molecule has 0 aliphatic heterocycles. The van der Waals surface area contributed by atoms with E-state index in [1.54, 1.807) is 62.4 Å². The molecule has 0 unspecified atom stereocenters. The number of halogens is 1. The molecular formula is C21H18BrN2O3S-. The summed E-state index contributed by atoms with van der Waals surface area (Å²) in [5.41, 5.74) is 2.37. The lowest BCUT2D eigenvalue weighted by atomic mass is 10.1. The van der Waals surface area contributed by atoms with E-state index in [-0.39, 0.29) is 16.5 Å². The molecule has 0 bridgehead atoms. The number of nitrogens with zero attached hydrogens (tertiary/aromatic N) is 1. The maximum Gasteiger partial charge on any atom is 0.284 e. The van der Waals surface area contributed by atoms with Crippen molar-refractivity contribution in [1.82, 2.24) is 0 Å². The van der Waals surface area contributed by atoms with Crippen LogP contribution < -0.4 is 10.4 Å². The Balaban J connectivity index is 2.07. The lowest BCUT2D eigenvalue weighted by molar-refractivity contribution is -0.270. The zero-order valence-corrected chi connectivity index (χ0v) is 17.7. The Kier molecular flexibility index (Phi) is 5.86. The third-order valence-electron chi connectivity index (χ3n) is 4.09. The minimum absolute atomic E-state index is 0.0359. The van der Waals surface area contributed by atoms with Crippen LogP contribution in [0.3, 0.4) is 0 Å². The average molecular weight is 458 g/mol. The van der Waals surface area contributed by atoms with E-state index in [0.717, 1.165) is 4.47 Å². The van der Waals surface area contributed by atoms with Gasteiger partial charge < -0.3 is 10.4 Å². The van der Waals surface area contributed by atoms with Crippen LogP contribution in [0.4, 0.5) is 5.69 Å². The van der Waals surface area contributed by atoms with Gasteiger partial charge in [0.15, 0.2) is 5.84 Å². The first kappa shape index (κ1) is 20.1. The van der Waals surface area contributed by atoms with Crippen molar-refractivity contribution in [3.8, 4) is 5.75 Å². The van der Waals surface area contributed by atoms with Crippen LogP contribution in [0.5, 0.6) is 5.75 Å². The lowest BCUT2D eigenvalue weighted by Crippen LogP contribution is -2.17. The molecule has 28 heavy (non-hydrogen) atoms. The molecule has 0 aliphatic carbocycles. The van der Waals surface area contributed by atoms with Gasteiger partial charge in [-0.15, -0.1) is 10.1 Å². The smallest absolute Gasteiger partial charge is 0.284 e. The number of amidine groups is 1. The fourth-order valence-corrected chi connectivity index (χ4v) is 3.92. The first-order valence-electron chi connectivity index (χ1n) is 8.47. The molecule has 7 heteroatoms. The molecule has 144 valence electrons. The summed E-state index contributed by atoms with van der Waals surface area (Å²) in [6.07, 6.45) is 0. The third-order valence-corrected chi connectivity index (χ3v) is 5.91. The largest absolute Gasteiger partial charge is 0.872 e. The topological polar surface area (TPSA) is 81.6 Å². The van der Waals surface area contributed by atoms with Crippen LogP contribution in [0.25, 0.3) is 0 Å². The Hall–Kier alpha value is -2.64. The highest BCUT2D eigenvalue weighted by Gasteiger charge is 2.16. The number of nitrogens with one attached hydrogen (secondary N) is 1. The Labute approximate surface area is 173 Å². The van der Waals surface area contributed by atoms with Crippen LogP contribution in [0.2, 0.25) is 0 Å². The molecule has 1 N–H and O–H groups in total. The van der Waals surface area contributed by atoms with Gasteiger partial charge in [-0.25, -0.2) is 0 Å². The first-order valence-corrected chi connectivity index (χ1v) is 10.7. The van der Waals surface area contributed by atoms with Gasteiger partial charge in [-0.1, -0.05) is 57.4 Å². The fourth-order valence-electron chi connectivity index (χ4n) is 2.68. The number of sulfonamides is 1. The molecule has 0 aromatic heterocycles. The second kappa shape index (κ2) is 8.16. The highest BCUT2D eigenvalue weighted by Crippen LogP contribution is 2.24. The number of hydrogen-bond donors (Lipinski definition) is 1. The van der Waals surface area contributed by atoms with Crippen LogP contribution in [-0.4, -0.2) is 14.3 Å². The Bertz CT molecular complexity index is 1100. The molecule has 0 saturated carbocycles.